The highest BCUT2D eigenvalue weighted by Crippen LogP contribution is 2.33. The molecule has 0 fully saturated rings. The third-order valence-electron chi connectivity index (χ3n) is 3.10. The summed E-state index contributed by atoms with van der Waals surface area (Å²) in [5.74, 6) is 6.83. The van der Waals surface area contributed by atoms with E-state index < -0.39 is 0 Å². The lowest BCUT2D eigenvalue weighted by atomic mass is 10.2. The summed E-state index contributed by atoms with van der Waals surface area (Å²) in [7, 11) is 0. The maximum absolute atomic E-state index is 5.48. The number of thiophene rings is 1. The van der Waals surface area contributed by atoms with Gasteiger partial charge < -0.3 is 0 Å². The summed E-state index contributed by atoms with van der Waals surface area (Å²) in [4.78, 5) is 11.2. The zero-order valence-corrected chi connectivity index (χ0v) is 13.3. The van der Waals surface area contributed by atoms with Crippen LogP contribution in [0.25, 0.3) is 10.2 Å². The molecule has 21 heavy (non-hydrogen) atoms. The van der Waals surface area contributed by atoms with Gasteiger partial charge in [0.25, 0.3) is 0 Å². The molecule has 0 saturated carbocycles. The molecule has 1 aromatic carbocycles. The molecule has 2 heterocycles. The van der Waals surface area contributed by atoms with Crippen molar-refractivity contribution < 1.29 is 0 Å². The van der Waals surface area contributed by atoms with E-state index in [0.717, 1.165) is 27.4 Å². The van der Waals surface area contributed by atoms with Crippen molar-refractivity contribution in [2.75, 3.05) is 5.43 Å². The fourth-order valence-corrected chi connectivity index (χ4v) is 4.01. The average Bonchev–Trinajstić information content (AvgIpc) is 2.96. The van der Waals surface area contributed by atoms with Gasteiger partial charge >= 0.3 is 0 Å². The Morgan fingerprint density at radius 2 is 2.05 bits per heavy atom. The number of nitrogens with two attached hydrogens (primary N) is 1. The molecule has 0 amide bonds. The summed E-state index contributed by atoms with van der Waals surface area (Å²) < 4.78 is 0. The molecule has 0 bridgehead atoms. The average molecular weight is 316 g/mol. The van der Waals surface area contributed by atoms with Crippen LogP contribution in [0.2, 0.25) is 0 Å². The maximum atomic E-state index is 5.48. The number of benzene rings is 1. The van der Waals surface area contributed by atoms with Crippen molar-refractivity contribution >= 4 is 39.3 Å². The first-order valence-electron chi connectivity index (χ1n) is 6.74. The first-order chi connectivity index (χ1) is 10.3. The molecule has 4 nitrogen and oxygen atoms in total. The lowest BCUT2D eigenvalue weighted by Gasteiger charge is -2.05. The Kier molecular flexibility index (Phi) is 4.38. The molecule has 2 aromatic heterocycles. The summed E-state index contributed by atoms with van der Waals surface area (Å²) in [6.07, 6.45) is 1.01. The maximum Gasteiger partial charge on any atom is 0.239 e. The topological polar surface area (TPSA) is 63.8 Å². The normalized spacial score (nSPS) is 11.0. The molecular formula is C15H16N4S2. The molecule has 3 aromatic rings. The standard InChI is InChI=1S/C15H16N4S2/c1-2-11-8-12-13(17-15(19-16)18-14(12)21-11)20-9-10-6-4-3-5-7-10/h3-8H,2,9,16H2,1H3,(H,17,18,19). The quantitative estimate of drug-likeness (QED) is 0.324. The number of nitrogen functional groups attached to an aromatic ring is 1. The van der Waals surface area contributed by atoms with E-state index in [0.29, 0.717) is 5.95 Å². The number of fused-ring (bicyclic) bond motifs is 1. The summed E-state index contributed by atoms with van der Waals surface area (Å²) >= 11 is 3.42. The van der Waals surface area contributed by atoms with Gasteiger partial charge in [-0.15, -0.1) is 23.1 Å². The van der Waals surface area contributed by atoms with E-state index in [1.807, 2.05) is 6.07 Å². The lowest BCUT2D eigenvalue weighted by Crippen LogP contribution is -2.10. The highest BCUT2D eigenvalue weighted by molar-refractivity contribution is 7.98. The van der Waals surface area contributed by atoms with Crippen LogP contribution in [0.3, 0.4) is 0 Å². The van der Waals surface area contributed by atoms with Gasteiger partial charge in [-0.05, 0) is 18.1 Å². The molecule has 3 N–H and O–H groups in total. The molecule has 0 aliphatic carbocycles. The molecule has 0 spiro atoms. The van der Waals surface area contributed by atoms with Gasteiger partial charge in [0.2, 0.25) is 5.95 Å². The minimum atomic E-state index is 0.475. The minimum absolute atomic E-state index is 0.475. The van der Waals surface area contributed by atoms with Gasteiger partial charge in [0.05, 0.1) is 0 Å². The molecule has 3 rings (SSSR count). The predicted molar refractivity (Wildman–Crippen MR) is 90.6 cm³/mol. The second-order valence-electron chi connectivity index (χ2n) is 4.56. The molecule has 6 heteroatoms. The van der Waals surface area contributed by atoms with Crippen molar-refractivity contribution in [1.29, 1.82) is 0 Å². The van der Waals surface area contributed by atoms with Crippen LogP contribution >= 0.6 is 23.1 Å². The lowest BCUT2D eigenvalue weighted by molar-refractivity contribution is 1.07. The van der Waals surface area contributed by atoms with Crippen molar-refractivity contribution in [3.8, 4) is 0 Å². The molecular weight excluding hydrogens is 300 g/mol. The number of hydrogen-bond donors (Lipinski definition) is 2. The minimum Gasteiger partial charge on any atom is -0.292 e. The first-order valence-corrected chi connectivity index (χ1v) is 8.54. The van der Waals surface area contributed by atoms with Gasteiger partial charge in [-0.3, -0.25) is 5.43 Å². The van der Waals surface area contributed by atoms with E-state index in [1.54, 1.807) is 23.1 Å². The van der Waals surface area contributed by atoms with Gasteiger partial charge in [-0.1, -0.05) is 37.3 Å². The Bertz CT molecular complexity index is 740. The van der Waals surface area contributed by atoms with Gasteiger partial charge in [-0.2, -0.15) is 0 Å². The zero-order valence-electron chi connectivity index (χ0n) is 11.7. The Hall–Kier alpha value is -1.63. The van der Waals surface area contributed by atoms with E-state index in [9.17, 15) is 0 Å². The number of thioether (sulfide) groups is 1. The molecule has 0 atom stereocenters. The van der Waals surface area contributed by atoms with E-state index in [2.05, 4.69) is 52.6 Å². The van der Waals surface area contributed by atoms with Crippen molar-refractivity contribution in [3.05, 3.63) is 46.8 Å². The van der Waals surface area contributed by atoms with E-state index in [4.69, 9.17) is 5.84 Å². The van der Waals surface area contributed by atoms with E-state index in [1.165, 1.54) is 10.4 Å². The van der Waals surface area contributed by atoms with Gasteiger partial charge in [-0.25, -0.2) is 15.8 Å². The monoisotopic (exact) mass is 316 g/mol. The van der Waals surface area contributed by atoms with Crippen LogP contribution < -0.4 is 11.3 Å². The third kappa shape index (κ3) is 3.18. The van der Waals surface area contributed by atoms with Crippen LogP contribution in [0, 0.1) is 0 Å². The molecule has 0 unspecified atom stereocenters. The van der Waals surface area contributed by atoms with Crippen LogP contribution in [-0.2, 0) is 12.2 Å². The van der Waals surface area contributed by atoms with Gasteiger partial charge in [0, 0.05) is 16.0 Å². The number of hydrogen-bond acceptors (Lipinski definition) is 6. The second kappa shape index (κ2) is 6.43. The molecule has 0 aliphatic rings. The predicted octanol–water partition coefficient (Wildman–Crippen LogP) is 3.83. The van der Waals surface area contributed by atoms with Crippen LogP contribution in [0.1, 0.15) is 17.4 Å². The Labute approximate surface area is 131 Å². The third-order valence-corrected chi connectivity index (χ3v) is 5.34. The first kappa shape index (κ1) is 14.3. The highest BCUT2D eigenvalue weighted by atomic mass is 32.2. The number of nitrogens with one attached hydrogen (secondary N) is 1. The van der Waals surface area contributed by atoms with E-state index >= 15 is 0 Å². The van der Waals surface area contributed by atoms with Crippen LogP contribution in [0.4, 0.5) is 5.95 Å². The Morgan fingerprint density at radius 1 is 1.24 bits per heavy atom. The summed E-state index contributed by atoms with van der Waals surface area (Å²) in [5, 5.41) is 2.10. The number of nitrogens with zero attached hydrogens (tertiary/aromatic N) is 2. The number of rotatable bonds is 5. The molecule has 0 radical (unpaired) electrons. The molecule has 108 valence electrons. The fourth-order valence-electron chi connectivity index (χ4n) is 2.02. The van der Waals surface area contributed by atoms with Crippen molar-refractivity contribution in [2.24, 2.45) is 5.84 Å². The highest BCUT2D eigenvalue weighted by Gasteiger charge is 2.11. The summed E-state index contributed by atoms with van der Waals surface area (Å²) in [5.41, 5.74) is 3.84. The number of hydrazine groups is 1. The second-order valence-corrected chi connectivity index (χ2v) is 6.64. The smallest absolute Gasteiger partial charge is 0.239 e. The number of aryl methyl sites for hydroxylation is 1. The molecule has 0 aliphatic heterocycles. The van der Waals surface area contributed by atoms with Crippen LogP contribution in [0.5, 0.6) is 0 Å². The molecule has 0 saturated heterocycles. The van der Waals surface area contributed by atoms with Crippen LogP contribution in [0.15, 0.2) is 41.4 Å². The van der Waals surface area contributed by atoms with Crippen molar-refractivity contribution in [1.82, 2.24) is 9.97 Å². The van der Waals surface area contributed by atoms with Crippen molar-refractivity contribution in [2.45, 2.75) is 24.1 Å². The van der Waals surface area contributed by atoms with Crippen LogP contribution in [-0.4, -0.2) is 9.97 Å². The Balaban J connectivity index is 1.94. The number of aromatic nitrogens is 2. The number of anilines is 1. The summed E-state index contributed by atoms with van der Waals surface area (Å²) in [6.45, 7) is 2.15. The summed E-state index contributed by atoms with van der Waals surface area (Å²) in [6, 6.07) is 12.6. The Morgan fingerprint density at radius 3 is 2.76 bits per heavy atom. The fraction of sp³-hybridized carbons (Fsp3) is 0.200. The zero-order chi connectivity index (χ0) is 14.7. The van der Waals surface area contributed by atoms with Crippen molar-refractivity contribution in [3.63, 3.8) is 0 Å². The largest absolute Gasteiger partial charge is 0.292 e. The van der Waals surface area contributed by atoms with E-state index in [-0.39, 0.29) is 0 Å². The van der Waals surface area contributed by atoms with Gasteiger partial charge in [0.1, 0.15) is 9.86 Å². The SMILES string of the molecule is CCc1cc2c(SCc3ccccc3)nc(NN)nc2s1. The van der Waals surface area contributed by atoms with Gasteiger partial charge in [0.15, 0.2) is 0 Å².